The summed E-state index contributed by atoms with van der Waals surface area (Å²) in [4.78, 5) is 0. The van der Waals surface area contributed by atoms with Crippen molar-refractivity contribution in [1.29, 1.82) is 0 Å². The Morgan fingerprint density at radius 2 is 2.00 bits per heavy atom. The van der Waals surface area contributed by atoms with Gasteiger partial charge in [0.2, 0.25) is 0 Å². The molecule has 0 amide bonds. The highest BCUT2D eigenvalue weighted by molar-refractivity contribution is 4.96. The van der Waals surface area contributed by atoms with E-state index in [9.17, 15) is 5.11 Å². The lowest BCUT2D eigenvalue weighted by molar-refractivity contribution is 0.0670. The Kier molecular flexibility index (Phi) is 3.36. The van der Waals surface area contributed by atoms with Crippen LogP contribution in [0.2, 0.25) is 0 Å². The first-order valence-corrected chi connectivity index (χ1v) is 6.53. The van der Waals surface area contributed by atoms with Gasteiger partial charge >= 0.3 is 0 Å². The second-order valence-electron chi connectivity index (χ2n) is 5.90. The van der Waals surface area contributed by atoms with Gasteiger partial charge in [-0.05, 0) is 43.9 Å². The molecule has 2 aliphatic rings. The third-order valence-electron chi connectivity index (χ3n) is 4.64. The molecule has 0 radical (unpaired) electrons. The van der Waals surface area contributed by atoms with Crippen LogP contribution in [0, 0.1) is 11.3 Å². The highest BCUT2D eigenvalue weighted by Crippen LogP contribution is 2.48. The number of rotatable bonds is 4. The summed E-state index contributed by atoms with van der Waals surface area (Å²) in [6.45, 7) is 5.67. The lowest BCUT2D eigenvalue weighted by Crippen LogP contribution is -2.40. The van der Waals surface area contributed by atoms with Crippen LogP contribution in [0.3, 0.4) is 0 Å². The van der Waals surface area contributed by atoms with Crippen LogP contribution in [0.5, 0.6) is 0 Å². The zero-order valence-electron chi connectivity index (χ0n) is 10.1. The van der Waals surface area contributed by atoms with E-state index >= 15 is 0 Å². The van der Waals surface area contributed by atoms with E-state index < -0.39 is 0 Å². The number of nitrogens with one attached hydrogen (secondary N) is 1. The Balaban J connectivity index is 1.72. The molecule has 0 heterocycles. The predicted molar refractivity (Wildman–Crippen MR) is 62.8 cm³/mol. The molecule has 2 N–H and O–H groups in total. The van der Waals surface area contributed by atoms with E-state index in [2.05, 4.69) is 19.2 Å². The molecular weight excluding hydrogens is 186 g/mol. The summed E-state index contributed by atoms with van der Waals surface area (Å²) in [5.41, 5.74) is 0.555. The molecule has 3 atom stereocenters. The van der Waals surface area contributed by atoms with Crippen molar-refractivity contribution in [3.05, 3.63) is 0 Å². The van der Waals surface area contributed by atoms with Crippen molar-refractivity contribution in [2.75, 3.05) is 6.54 Å². The van der Waals surface area contributed by atoms with Crippen LogP contribution in [0.1, 0.15) is 52.4 Å². The first-order valence-electron chi connectivity index (χ1n) is 6.53. The largest absolute Gasteiger partial charge is 0.393 e. The lowest BCUT2D eigenvalue weighted by atomic mass is 9.86. The Morgan fingerprint density at radius 1 is 1.33 bits per heavy atom. The Labute approximate surface area is 93.5 Å². The van der Waals surface area contributed by atoms with Crippen LogP contribution in [-0.2, 0) is 0 Å². The van der Waals surface area contributed by atoms with Gasteiger partial charge < -0.3 is 10.4 Å². The third-order valence-corrected chi connectivity index (χ3v) is 4.64. The molecule has 15 heavy (non-hydrogen) atoms. The van der Waals surface area contributed by atoms with Crippen molar-refractivity contribution in [1.82, 2.24) is 5.32 Å². The maximum atomic E-state index is 9.86. The highest BCUT2D eigenvalue weighted by atomic mass is 16.3. The normalized spacial score (nSPS) is 36.2. The zero-order valence-corrected chi connectivity index (χ0v) is 10.1. The maximum Gasteiger partial charge on any atom is 0.0580 e. The summed E-state index contributed by atoms with van der Waals surface area (Å²) in [5.74, 6) is 0.503. The van der Waals surface area contributed by atoms with E-state index in [0.717, 1.165) is 13.0 Å². The summed E-state index contributed by atoms with van der Waals surface area (Å²) in [6.07, 6.45) is 7.42. The Bertz CT molecular complexity index is 213. The van der Waals surface area contributed by atoms with Crippen molar-refractivity contribution in [3.63, 3.8) is 0 Å². The van der Waals surface area contributed by atoms with Gasteiger partial charge in [0.15, 0.2) is 0 Å². The predicted octanol–water partition coefficient (Wildman–Crippen LogP) is 2.32. The zero-order chi connectivity index (χ0) is 10.9. The van der Waals surface area contributed by atoms with Crippen LogP contribution in [0.25, 0.3) is 0 Å². The van der Waals surface area contributed by atoms with Gasteiger partial charge in [-0.3, -0.25) is 0 Å². The van der Waals surface area contributed by atoms with Crippen LogP contribution in [0.4, 0.5) is 0 Å². The molecule has 2 rings (SSSR count). The molecule has 88 valence electrons. The minimum atomic E-state index is -0.0505. The minimum absolute atomic E-state index is 0.0505. The molecule has 0 saturated heterocycles. The molecule has 0 aromatic heterocycles. The van der Waals surface area contributed by atoms with E-state index in [1.165, 1.54) is 32.1 Å². The molecule has 0 aromatic rings. The first kappa shape index (κ1) is 11.4. The van der Waals surface area contributed by atoms with Crippen molar-refractivity contribution in [2.24, 2.45) is 11.3 Å². The van der Waals surface area contributed by atoms with E-state index in [-0.39, 0.29) is 6.10 Å². The summed E-state index contributed by atoms with van der Waals surface area (Å²) in [6, 6.07) is 0.617. The number of hydrogen-bond acceptors (Lipinski definition) is 2. The summed E-state index contributed by atoms with van der Waals surface area (Å²) >= 11 is 0. The van der Waals surface area contributed by atoms with Crippen LogP contribution in [-0.4, -0.2) is 23.8 Å². The first-order chi connectivity index (χ1) is 7.12. The lowest BCUT2D eigenvalue weighted by Gasteiger charge is -2.30. The second kappa shape index (κ2) is 4.42. The molecular formula is C13H25NO. The van der Waals surface area contributed by atoms with Gasteiger partial charge in [0.05, 0.1) is 6.10 Å². The number of hydrogen-bond donors (Lipinski definition) is 2. The number of aliphatic hydroxyl groups is 1. The summed E-state index contributed by atoms with van der Waals surface area (Å²) in [5, 5.41) is 13.5. The quantitative estimate of drug-likeness (QED) is 0.748. The van der Waals surface area contributed by atoms with Gasteiger partial charge in [-0.25, -0.2) is 0 Å². The fourth-order valence-corrected chi connectivity index (χ4v) is 2.63. The topological polar surface area (TPSA) is 32.3 Å². The second-order valence-corrected chi connectivity index (χ2v) is 5.90. The summed E-state index contributed by atoms with van der Waals surface area (Å²) in [7, 11) is 0. The number of aliphatic hydroxyl groups excluding tert-OH is 1. The highest BCUT2D eigenvalue weighted by Gasteiger charge is 2.42. The molecule has 3 unspecified atom stereocenters. The SMILES string of the molecule is CC(NCC1CCCCC1O)C1(C)CC1. The minimum Gasteiger partial charge on any atom is -0.393 e. The van der Waals surface area contributed by atoms with Gasteiger partial charge in [-0.1, -0.05) is 19.8 Å². The Morgan fingerprint density at radius 3 is 2.60 bits per heavy atom. The van der Waals surface area contributed by atoms with Crippen LogP contribution in [0.15, 0.2) is 0 Å². The molecule has 2 saturated carbocycles. The van der Waals surface area contributed by atoms with Crippen molar-refractivity contribution in [2.45, 2.75) is 64.5 Å². The fraction of sp³-hybridized carbons (Fsp3) is 1.00. The standard InChI is InChI=1S/C13H25NO/c1-10(13(2)7-8-13)14-9-11-5-3-4-6-12(11)15/h10-12,14-15H,3-9H2,1-2H3. The molecule has 0 aliphatic heterocycles. The molecule has 2 heteroatoms. The molecule has 0 aromatic carbocycles. The van der Waals surface area contributed by atoms with Crippen molar-refractivity contribution >= 4 is 0 Å². The molecule has 2 fully saturated rings. The van der Waals surface area contributed by atoms with Crippen LogP contribution < -0.4 is 5.32 Å². The van der Waals surface area contributed by atoms with Gasteiger partial charge in [-0.15, -0.1) is 0 Å². The van der Waals surface area contributed by atoms with Crippen molar-refractivity contribution < 1.29 is 5.11 Å². The molecule has 0 spiro atoms. The molecule has 2 aliphatic carbocycles. The average Bonchev–Trinajstić information content (AvgIpc) is 2.96. The van der Waals surface area contributed by atoms with Crippen molar-refractivity contribution in [3.8, 4) is 0 Å². The smallest absolute Gasteiger partial charge is 0.0580 e. The van der Waals surface area contributed by atoms with Gasteiger partial charge in [0.25, 0.3) is 0 Å². The maximum absolute atomic E-state index is 9.86. The molecule has 0 bridgehead atoms. The fourth-order valence-electron chi connectivity index (χ4n) is 2.63. The van der Waals surface area contributed by atoms with Gasteiger partial charge in [0, 0.05) is 12.6 Å². The monoisotopic (exact) mass is 211 g/mol. The van der Waals surface area contributed by atoms with E-state index in [1.54, 1.807) is 0 Å². The van der Waals surface area contributed by atoms with Gasteiger partial charge in [-0.2, -0.15) is 0 Å². The van der Waals surface area contributed by atoms with Crippen LogP contribution >= 0.6 is 0 Å². The van der Waals surface area contributed by atoms with Gasteiger partial charge in [0.1, 0.15) is 0 Å². The van der Waals surface area contributed by atoms with E-state index in [0.29, 0.717) is 17.4 Å². The Hall–Kier alpha value is -0.0800. The molecule has 2 nitrogen and oxygen atoms in total. The van der Waals surface area contributed by atoms with E-state index in [4.69, 9.17) is 0 Å². The average molecular weight is 211 g/mol. The van der Waals surface area contributed by atoms with E-state index in [1.807, 2.05) is 0 Å². The summed E-state index contributed by atoms with van der Waals surface area (Å²) < 4.78 is 0. The third kappa shape index (κ3) is 2.73.